The fraction of sp³-hybridized carbons (Fsp3) is 0.0200. The Bertz CT molecular complexity index is 3020. The van der Waals surface area contributed by atoms with E-state index >= 15 is 0 Å². The van der Waals surface area contributed by atoms with Gasteiger partial charge in [-0.1, -0.05) is 164 Å². The lowest BCUT2D eigenvalue weighted by molar-refractivity contribution is 0.265. The lowest BCUT2D eigenvalue weighted by Gasteiger charge is -2.35. The molecule has 0 saturated carbocycles. The van der Waals surface area contributed by atoms with Crippen molar-refractivity contribution in [2.24, 2.45) is 0 Å². The average molecular weight is 739 g/mol. The van der Waals surface area contributed by atoms with Crippen LogP contribution in [0.2, 0.25) is 0 Å². The van der Waals surface area contributed by atoms with Crippen molar-refractivity contribution >= 4 is 71.4 Å². The summed E-state index contributed by atoms with van der Waals surface area (Å²) in [6, 6.07) is 72.3. The second-order valence-electron chi connectivity index (χ2n) is 14.3. The zero-order valence-corrected chi connectivity index (χ0v) is 31.7. The molecule has 0 spiro atoms. The van der Waals surface area contributed by atoms with Crippen LogP contribution < -0.4 is 25.5 Å². The van der Waals surface area contributed by atoms with E-state index in [9.17, 15) is 0 Å². The molecule has 11 rings (SSSR count). The number of rotatable bonds is 6. The summed E-state index contributed by atoms with van der Waals surface area (Å²) in [5.74, 6) is 0. The van der Waals surface area contributed by atoms with Crippen molar-refractivity contribution in [2.45, 2.75) is 6.61 Å². The van der Waals surface area contributed by atoms with Crippen molar-refractivity contribution < 1.29 is 4.74 Å². The van der Waals surface area contributed by atoms with E-state index in [0.29, 0.717) is 12.6 Å². The first-order valence-electron chi connectivity index (χ1n) is 18.7. The molecule has 0 N–H and O–H groups in total. The van der Waals surface area contributed by atoms with E-state index in [4.69, 9.17) is 9.72 Å². The Morgan fingerprint density at radius 1 is 0.509 bits per heavy atom. The van der Waals surface area contributed by atoms with Crippen molar-refractivity contribution in [1.29, 1.82) is 0 Å². The van der Waals surface area contributed by atoms with Gasteiger partial charge < -0.3 is 4.74 Å². The highest BCUT2D eigenvalue weighted by Crippen LogP contribution is 2.40. The summed E-state index contributed by atoms with van der Waals surface area (Å²) in [4.78, 5) is 4.98. The molecule has 0 saturated heterocycles. The summed E-state index contributed by atoms with van der Waals surface area (Å²) < 4.78 is 10.9. The van der Waals surface area contributed by atoms with Gasteiger partial charge in [0.25, 0.3) is 0 Å². The van der Waals surface area contributed by atoms with E-state index in [1.54, 1.807) is 0 Å². The van der Waals surface area contributed by atoms with E-state index in [0.717, 1.165) is 22.3 Å². The monoisotopic (exact) mass is 738 g/mol. The van der Waals surface area contributed by atoms with Gasteiger partial charge in [0.1, 0.15) is 6.61 Å². The summed E-state index contributed by atoms with van der Waals surface area (Å²) in [6.45, 7) is 0.528. The van der Waals surface area contributed by atoms with Gasteiger partial charge in [-0.15, -0.1) is 11.3 Å². The number of hydrogen-bond acceptors (Lipinski definition) is 3. The number of aromatic nitrogens is 2. The number of nitrogens with zero attached hydrogens (tertiary/aromatic N) is 2. The van der Waals surface area contributed by atoms with Crippen molar-refractivity contribution in [1.82, 2.24) is 9.55 Å². The molecule has 0 amide bonds. The lowest BCUT2D eigenvalue weighted by atomic mass is 10.00. The fourth-order valence-corrected chi connectivity index (χ4v) is 14.8. The molecule has 5 heteroatoms. The van der Waals surface area contributed by atoms with Crippen molar-refractivity contribution in [3.8, 4) is 34.0 Å². The Morgan fingerprint density at radius 2 is 1.13 bits per heavy atom. The van der Waals surface area contributed by atoms with Crippen molar-refractivity contribution in [3.05, 3.63) is 200 Å². The first-order valence-corrected chi connectivity index (χ1v) is 21.5. The molecule has 3 heterocycles. The third-order valence-corrected chi connectivity index (χ3v) is 17.2. The standard InChI is InChI=1S/C50H34N2OSSi/c1-3-17-38(18-4-1)55(39-19-5-2-6-20-39,41-22-12-16-36(31-41)42-24-13-27-48-49(42)43-23-8-10-26-47(43)54-48)40-21-11-15-34(30-40)35-28-29-46-44(32-35)51-50-52(46)45-25-9-7-14-37(45)33-53-50/h1-32H,33H2. The van der Waals surface area contributed by atoms with E-state index in [1.165, 1.54) is 63.2 Å². The molecule has 0 radical (unpaired) electrons. The zero-order valence-electron chi connectivity index (χ0n) is 29.9. The Kier molecular flexibility index (Phi) is 7.44. The normalized spacial score (nSPS) is 12.4. The number of para-hydroxylation sites is 1. The molecule has 8 aromatic carbocycles. The summed E-state index contributed by atoms with van der Waals surface area (Å²) in [6.07, 6.45) is 0. The molecule has 1 aliphatic rings. The van der Waals surface area contributed by atoms with E-state index in [1.807, 2.05) is 11.3 Å². The first kappa shape index (κ1) is 31.9. The highest BCUT2D eigenvalue weighted by atomic mass is 32.1. The first-order chi connectivity index (χ1) is 27.3. The molecule has 260 valence electrons. The number of imidazole rings is 1. The van der Waals surface area contributed by atoms with Crippen LogP contribution in [0.3, 0.4) is 0 Å². The molecule has 55 heavy (non-hydrogen) atoms. The maximum atomic E-state index is 6.13. The third-order valence-electron chi connectivity index (χ3n) is 11.3. The minimum atomic E-state index is -2.87. The molecule has 3 nitrogen and oxygen atoms in total. The third kappa shape index (κ3) is 5.04. The average Bonchev–Trinajstić information content (AvgIpc) is 3.84. The van der Waals surface area contributed by atoms with Crippen molar-refractivity contribution in [2.75, 3.05) is 0 Å². The largest absolute Gasteiger partial charge is 0.459 e. The summed E-state index contributed by atoms with van der Waals surface area (Å²) in [7, 11) is -2.87. The Balaban J connectivity index is 1.12. The molecule has 0 bridgehead atoms. The second-order valence-corrected chi connectivity index (χ2v) is 19.2. The van der Waals surface area contributed by atoms with Crippen LogP contribution in [0.4, 0.5) is 0 Å². The van der Waals surface area contributed by atoms with Crippen LogP contribution in [0, 0.1) is 0 Å². The Hall–Kier alpha value is -6.53. The topological polar surface area (TPSA) is 27.1 Å². The molecule has 0 atom stereocenters. The van der Waals surface area contributed by atoms with Crippen LogP contribution in [-0.2, 0) is 6.61 Å². The van der Waals surface area contributed by atoms with Gasteiger partial charge in [0.15, 0.2) is 8.07 Å². The smallest absolute Gasteiger partial charge is 0.302 e. The number of hydrogen-bond donors (Lipinski definition) is 0. The Morgan fingerprint density at radius 3 is 1.93 bits per heavy atom. The number of fused-ring (bicyclic) bond motifs is 8. The van der Waals surface area contributed by atoms with E-state index < -0.39 is 8.07 Å². The number of benzene rings is 8. The van der Waals surface area contributed by atoms with Crippen LogP contribution in [0.15, 0.2) is 194 Å². The van der Waals surface area contributed by atoms with Gasteiger partial charge in [0.05, 0.1) is 16.7 Å². The molecule has 0 fully saturated rings. The number of ether oxygens (including phenoxy) is 1. The summed E-state index contributed by atoms with van der Waals surface area (Å²) >= 11 is 1.87. The summed E-state index contributed by atoms with van der Waals surface area (Å²) in [5, 5.41) is 8.03. The minimum Gasteiger partial charge on any atom is -0.459 e. The maximum absolute atomic E-state index is 6.13. The quantitative estimate of drug-likeness (QED) is 0.126. The summed E-state index contributed by atoms with van der Waals surface area (Å²) in [5.41, 5.74) is 9.08. The maximum Gasteiger partial charge on any atom is 0.302 e. The van der Waals surface area contributed by atoms with Gasteiger partial charge in [0.2, 0.25) is 0 Å². The molecular formula is C50H34N2OSSi. The molecule has 10 aromatic rings. The van der Waals surface area contributed by atoms with Crippen LogP contribution in [-0.4, -0.2) is 17.6 Å². The van der Waals surface area contributed by atoms with Gasteiger partial charge in [-0.2, -0.15) is 4.98 Å². The van der Waals surface area contributed by atoms with Crippen LogP contribution in [0.5, 0.6) is 6.01 Å². The second kappa shape index (κ2) is 12.8. The van der Waals surface area contributed by atoms with Crippen LogP contribution >= 0.6 is 11.3 Å². The molecule has 0 aliphatic carbocycles. The molecule has 1 aliphatic heterocycles. The van der Waals surface area contributed by atoms with Gasteiger partial charge in [-0.05, 0) is 73.3 Å². The van der Waals surface area contributed by atoms with Gasteiger partial charge in [-0.25, -0.2) is 0 Å². The highest BCUT2D eigenvalue weighted by molar-refractivity contribution is 7.26. The van der Waals surface area contributed by atoms with Crippen LogP contribution in [0.25, 0.3) is 59.1 Å². The predicted molar refractivity (Wildman–Crippen MR) is 233 cm³/mol. The molecule has 2 aromatic heterocycles. The lowest BCUT2D eigenvalue weighted by Crippen LogP contribution is -2.74. The predicted octanol–water partition coefficient (Wildman–Crippen LogP) is 10.00. The number of thiophene rings is 1. The Labute approximate surface area is 324 Å². The minimum absolute atomic E-state index is 0.528. The van der Waals surface area contributed by atoms with E-state index in [-0.39, 0.29) is 0 Å². The van der Waals surface area contributed by atoms with E-state index in [2.05, 4.69) is 199 Å². The van der Waals surface area contributed by atoms with Gasteiger partial charge in [0, 0.05) is 25.7 Å². The SMILES string of the molecule is c1ccc([Si](c2ccccc2)(c2cccc(-c3ccc4c(c3)nc3n4-c4ccccc4CO3)c2)c2cccc(-c3cccc4sc5ccccc5c34)c2)cc1. The molecular weight excluding hydrogens is 705 g/mol. The highest BCUT2D eigenvalue weighted by Gasteiger charge is 2.41. The van der Waals surface area contributed by atoms with Crippen LogP contribution in [0.1, 0.15) is 5.56 Å². The van der Waals surface area contributed by atoms with Gasteiger partial charge >= 0.3 is 6.01 Å². The zero-order chi connectivity index (χ0) is 36.3. The van der Waals surface area contributed by atoms with Gasteiger partial charge in [-0.3, -0.25) is 4.57 Å². The fourth-order valence-electron chi connectivity index (χ4n) is 8.80. The van der Waals surface area contributed by atoms with Crippen molar-refractivity contribution in [3.63, 3.8) is 0 Å². The molecule has 0 unspecified atom stereocenters.